The van der Waals surface area contributed by atoms with E-state index in [4.69, 9.17) is 0 Å². The Hall–Kier alpha value is -0.340. The van der Waals surface area contributed by atoms with E-state index < -0.39 is 0 Å². The van der Waals surface area contributed by atoms with Crippen molar-refractivity contribution < 1.29 is 10.2 Å². The molecule has 0 radical (unpaired) electrons. The van der Waals surface area contributed by atoms with Crippen molar-refractivity contribution in [3.63, 3.8) is 0 Å². The molecule has 0 aliphatic heterocycles. The Balaban J connectivity index is 0.00000124. The van der Waals surface area contributed by atoms with Crippen LogP contribution in [0.5, 0.6) is 0 Å². The fourth-order valence-electron chi connectivity index (χ4n) is 8.03. The number of fused-ring (bicyclic) bond motifs is 5. The summed E-state index contributed by atoms with van der Waals surface area (Å²) in [6.45, 7) is 13.3. The topological polar surface area (TPSA) is 40.5 Å². The van der Waals surface area contributed by atoms with E-state index in [0.29, 0.717) is 11.3 Å². The van der Waals surface area contributed by atoms with Crippen molar-refractivity contribution in [1.82, 2.24) is 0 Å². The number of aliphatic hydroxyl groups is 2. The molecule has 0 heterocycles. The highest BCUT2D eigenvalue weighted by atomic mass is 16.3. The minimum absolute atomic E-state index is 0.0925. The average molecular weight is 419 g/mol. The average Bonchev–Trinajstić information content (AvgIpc) is 3.18. The van der Waals surface area contributed by atoms with Crippen molar-refractivity contribution >= 4 is 0 Å². The van der Waals surface area contributed by atoms with E-state index in [2.05, 4.69) is 33.8 Å². The molecule has 0 amide bonds. The highest BCUT2D eigenvalue weighted by Gasteiger charge is 2.54. The van der Waals surface area contributed by atoms with Gasteiger partial charge in [-0.05, 0) is 111 Å². The molecule has 2 heteroatoms. The van der Waals surface area contributed by atoms with E-state index in [1.165, 1.54) is 44.9 Å². The number of rotatable bonds is 5. The normalized spacial score (nSPS) is 42.2. The number of hydrogen-bond acceptors (Lipinski definition) is 2. The van der Waals surface area contributed by atoms with Crippen molar-refractivity contribution in [1.29, 1.82) is 0 Å². The molecule has 4 aliphatic rings. The Morgan fingerprint density at radius 2 is 1.67 bits per heavy atom. The summed E-state index contributed by atoms with van der Waals surface area (Å²) in [5, 5.41) is 20.4. The quantitative estimate of drug-likeness (QED) is 0.472. The minimum Gasteiger partial charge on any atom is -0.393 e. The van der Waals surface area contributed by atoms with Crippen LogP contribution in [0.2, 0.25) is 0 Å². The van der Waals surface area contributed by atoms with E-state index in [-0.39, 0.29) is 12.2 Å². The summed E-state index contributed by atoms with van der Waals surface area (Å²) in [6.07, 6.45) is 14.6. The van der Waals surface area contributed by atoms with Crippen molar-refractivity contribution in [2.45, 2.75) is 118 Å². The molecular formula is C28H50O2. The number of hydrogen-bond donors (Lipinski definition) is 2. The Morgan fingerprint density at radius 1 is 0.967 bits per heavy atom. The maximum Gasteiger partial charge on any atom is 0.0577 e. The molecular weight excluding hydrogens is 368 g/mol. The zero-order chi connectivity index (χ0) is 22.1. The first-order chi connectivity index (χ1) is 14.3. The summed E-state index contributed by atoms with van der Waals surface area (Å²) in [4.78, 5) is 0. The van der Waals surface area contributed by atoms with Gasteiger partial charge >= 0.3 is 0 Å². The maximum absolute atomic E-state index is 10.2. The second-order valence-electron chi connectivity index (χ2n) is 11.6. The monoisotopic (exact) mass is 418 g/mol. The van der Waals surface area contributed by atoms with Crippen molar-refractivity contribution in [3.8, 4) is 0 Å². The zero-order valence-corrected chi connectivity index (χ0v) is 20.7. The third-order valence-electron chi connectivity index (χ3n) is 9.87. The molecule has 0 saturated heterocycles. The first kappa shape index (κ1) is 24.3. The molecule has 3 saturated carbocycles. The van der Waals surface area contributed by atoms with Crippen LogP contribution in [0.25, 0.3) is 0 Å². The van der Waals surface area contributed by atoms with Gasteiger partial charge in [-0.3, -0.25) is 0 Å². The maximum atomic E-state index is 10.2. The van der Waals surface area contributed by atoms with Gasteiger partial charge in [0.15, 0.2) is 0 Å². The predicted octanol–water partition coefficient (Wildman–Crippen LogP) is 7.00. The van der Waals surface area contributed by atoms with Gasteiger partial charge in [-0.2, -0.15) is 0 Å². The summed E-state index contributed by atoms with van der Waals surface area (Å²) in [7, 11) is 0. The van der Waals surface area contributed by atoms with E-state index in [0.717, 1.165) is 54.8 Å². The molecule has 0 aromatic heterocycles. The van der Waals surface area contributed by atoms with E-state index in [1.54, 1.807) is 5.57 Å². The van der Waals surface area contributed by atoms with E-state index in [9.17, 15) is 10.2 Å². The molecule has 4 rings (SSSR count). The predicted molar refractivity (Wildman–Crippen MR) is 127 cm³/mol. The van der Waals surface area contributed by atoms with Gasteiger partial charge in [-0.1, -0.05) is 53.2 Å². The lowest BCUT2D eigenvalue weighted by atomic mass is 9.50. The summed E-state index contributed by atoms with van der Waals surface area (Å²) in [5.41, 5.74) is 1.97. The molecule has 0 aromatic rings. The third kappa shape index (κ3) is 4.56. The molecule has 30 heavy (non-hydrogen) atoms. The van der Waals surface area contributed by atoms with Crippen molar-refractivity contribution in [2.24, 2.45) is 46.8 Å². The van der Waals surface area contributed by atoms with Gasteiger partial charge in [-0.25, -0.2) is 0 Å². The summed E-state index contributed by atoms with van der Waals surface area (Å²) < 4.78 is 0. The largest absolute Gasteiger partial charge is 0.393 e. The van der Waals surface area contributed by atoms with Gasteiger partial charge in [0.25, 0.3) is 0 Å². The molecule has 2 N–H and O–H groups in total. The molecule has 0 bridgehead atoms. The first-order valence-corrected chi connectivity index (χ1v) is 13.4. The fraction of sp³-hybridized carbons (Fsp3) is 0.929. The smallest absolute Gasteiger partial charge is 0.0577 e. The van der Waals surface area contributed by atoms with Gasteiger partial charge in [0.2, 0.25) is 0 Å². The Bertz CT molecular complexity index is 581. The van der Waals surface area contributed by atoms with Gasteiger partial charge in [0.05, 0.1) is 12.2 Å². The van der Waals surface area contributed by atoms with Crippen LogP contribution >= 0.6 is 0 Å². The summed E-state index contributed by atoms with van der Waals surface area (Å²) in [5.74, 6) is 5.64. The second-order valence-corrected chi connectivity index (χ2v) is 11.6. The van der Waals surface area contributed by atoms with E-state index in [1.807, 2.05) is 13.8 Å². The van der Waals surface area contributed by atoms with Gasteiger partial charge in [0.1, 0.15) is 0 Å². The molecule has 9 atom stereocenters. The first-order valence-electron chi connectivity index (χ1n) is 13.4. The lowest BCUT2D eigenvalue weighted by molar-refractivity contribution is -0.0157. The lowest BCUT2D eigenvalue weighted by Gasteiger charge is -2.55. The SMILES string of the molecule is CC.CC(C)C(O)CC[C@@H](C)C1CCC2C1CCC1C2CC=C2CC(O)CCC21C. The van der Waals surface area contributed by atoms with Crippen LogP contribution in [0, 0.1) is 46.8 Å². The summed E-state index contributed by atoms with van der Waals surface area (Å²) in [6, 6.07) is 0. The van der Waals surface area contributed by atoms with Crippen molar-refractivity contribution in [3.05, 3.63) is 11.6 Å². The summed E-state index contributed by atoms with van der Waals surface area (Å²) >= 11 is 0. The van der Waals surface area contributed by atoms with Gasteiger partial charge < -0.3 is 10.2 Å². The molecule has 4 aliphatic carbocycles. The third-order valence-corrected chi connectivity index (χ3v) is 9.87. The van der Waals surface area contributed by atoms with Crippen molar-refractivity contribution in [2.75, 3.05) is 0 Å². The standard InChI is InChI=1S/C26H44O2.C2H6/c1-16(2)25(28)12-5-17(3)20-8-9-22-21(20)10-11-24-23(22)7-6-18-15-19(27)13-14-26(18,24)4;1-2/h6,16-17,19-25,27-28H,5,7-15H2,1-4H3;1-2H3/t17-,19?,20?,21?,22?,23?,24?,25?,26?;/m1./s1. The Labute approximate surface area is 186 Å². The van der Waals surface area contributed by atoms with E-state index >= 15 is 0 Å². The fourth-order valence-corrected chi connectivity index (χ4v) is 8.03. The molecule has 2 nitrogen and oxygen atoms in total. The molecule has 0 aromatic carbocycles. The Morgan fingerprint density at radius 3 is 2.37 bits per heavy atom. The van der Waals surface area contributed by atoms with Crippen LogP contribution in [0.3, 0.4) is 0 Å². The number of allylic oxidation sites excluding steroid dienone is 1. The van der Waals surface area contributed by atoms with Crippen LogP contribution in [-0.2, 0) is 0 Å². The minimum atomic E-state index is -0.126. The highest BCUT2D eigenvalue weighted by Crippen LogP contribution is 2.62. The van der Waals surface area contributed by atoms with Crippen LogP contribution < -0.4 is 0 Å². The van der Waals surface area contributed by atoms with Crippen LogP contribution in [0.4, 0.5) is 0 Å². The Kier molecular flexibility index (Phi) is 8.16. The van der Waals surface area contributed by atoms with Gasteiger partial charge in [-0.15, -0.1) is 0 Å². The van der Waals surface area contributed by atoms with Crippen LogP contribution in [0.1, 0.15) is 106 Å². The molecule has 3 fully saturated rings. The highest BCUT2D eigenvalue weighted by molar-refractivity contribution is 5.24. The molecule has 0 spiro atoms. The second kappa shape index (κ2) is 10.1. The lowest BCUT2D eigenvalue weighted by Crippen LogP contribution is -2.47. The molecule has 174 valence electrons. The van der Waals surface area contributed by atoms with Crippen LogP contribution in [0.15, 0.2) is 11.6 Å². The zero-order valence-electron chi connectivity index (χ0n) is 20.7. The molecule has 8 unspecified atom stereocenters. The number of aliphatic hydroxyl groups excluding tert-OH is 2. The van der Waals surface area contributed by atoms with Crippen LogP contribution in [-0.4, -0.2) is 22.4 Å². The van der Waals surface area contributed by atoms with Gasteiger partial charge in [0, 0.05) is 0 Å².